The molecular weight excluding hydrogens is 384 g/mol. The molecule has 3 rings (SSSR count). The normalized spacial score (nSPS) is 16.7. The standard InChI is InChI=1S/C23H30N2O3S/c1-5-18(16-6-8-17(26)9-7-16)21-15(4)20(12-29-21)22(27)24-11-19-13(2)10-14(3)25-23(19)28/h10,12,17,26H,5-9,11H2,1-4H3,(H,24,27)(H,25,28). The lowest BCUT2D eigenvalue weighted by atomic mass is 9.87. The molecule has 1 aliphatic carbocycles. The number of rotatable bonds is 5. The van der Waals surface area contributed by atoms with E-state index in [1.54, 1.807) is 11.3 Å². The Hall–Kier alpha value is -2.18. The summed E-state index contributed by atoms with van der Waals surface area (Å²) in [4.78, 5) is 29.0. The smallest absolute Gasteiger partial charge is 0.253 e. The fourth-order valence-electron chi connectivity index (χ4n) is 4.13. The molecule has 2 aromatic heterocycles. The summed E-state index contributed by atoms with van der Waals surface area (Å²) in [5.74, 6) is -0.149. The van der Waals surface area contributed by atoms with Crippen molar-refractivity contribution in [1.82, 2.24) is 10.3 Å². The Kier molecular flexibility index (Phi) is 6.75. The van der Waals surface area contributed by atoms with Crippen molar-refractivity contribution >= 4 is 22.8 Å². The maximum Gasteiger partial charge on any atom is 0.253 e. The van der Waals surface area contributed by atoms with Crippen molar-refractivity contribution in [3.63, 3.8) is 0 Å². The van der Waals surface area contributed by atoms with E-state index in [4.69, 9.17) is 0 Å². The first-order valence-electron chi connectivity index (χ1n) is 10.3. The third-order valence-corrected chi connectivity index (χ3v) is 6.96. The van der Waals surface area contributed by atoms with Gasteiger partial charge in [-0.15, -0.1) is 11.3 Å². The number of amides is 1. The zero-order valence-electron chi connectivity index (χ0n) is 17.6. The predicted octanol–water partition coefficient (Wildman–Crippen LogP) is 4.39. The molecule has 1 aliphatic rings. The number of allylic oxidation sites excluding steroid dienone is 2. The molecule has 1 amide bonds. The maximum absolute atomic E-state index is 12.8. The summed E-state index contributed by atoms with van der Waals surface area (Å²) >= 11 is 1.61. The van der Waals surface area contributed by atoms with Gasteiger partial charge in [0.05, 0.1) is 11.7 Å². The monoisotopic (exact) mass is 414 g/mol. The number of nitrogens with one attached hydrogen (secondary N) is 2. The van der Waals surface area contributed by atoms with E-state index < -0.39 is 0 Å². The molecule has 0 aromatic carbocycles. The summed E-state index contributed by atoms with van der Waals surface area (Å²) in [6.45, 7) is 8.10. The summed E-state index contributed by atoms with van der Waals surface area (Å²) in [7, 11) is 0. The summed E-state index contributed by atoms with van der Waals surface area (Å²) in [6, 6.07) is 1.91. The van der Waals surface area contributed by atoms with Crippen molar-refractivity contribution in [2.24, 2.45) is 0 Å². The molecule has 0 unspecified atom stereocenters. The third kappa shape index (κ3) is 4.70. The Morgan fingerprint density at radius 2 is 1.97 bits per heavy atom. The Bertz CT molecular complexity index is 990. The summed E-state index contributed by atoms with van der Waals surface area (Å²) < 4.78 is 0. The fourth-order valence-corrected chi connectivity index (χ4v) is 5.36. The summed E-state index contributed by atoms with van der Waals surface area (Å²) in [5, 5.41) is 14.6. The van der Waals surface area contributed by atoms with Gasteiger partial charge in [0, 0.05) is 28.1 Å². The van der Waals surface area contributed by atoms with Gasteiger partial charge in [0.25, 0.3) is 11.5 Å². The van der Waals surface area contributed by atoms with Crippen LogP contribution in [-0.4, -0.2) is 22.1 Å². The number of pyridine rings is 1. The van der Waals surface area contributed by atoms with Crippen molar-refractivity contribution in [3.8, 4) is 0 Å². The number of aromatic nitrogens is 1. The van der Waals surface area contributed by atoms with Gasteiger partial charge in [0.15, 0.2) is 0 Å². The number of aliphatic hydroxyl groups excluding tert-OH is 1. The SMILES string of the molecule is CCC(=C1CCC(O)CC1)c1scc(C(=O)NCc2c(C)cc(C)[nH]c2=O)c1C. The summed E-state index contributed by atoms with van der Waals surface area (Å²) in [5.41, 5.74) is 6.55. The molecule has 1 saturated carbocycles. The fraction of sp³-hybridized carbons (Fsp3) is 0.478. The van der Waals surface area contributed by atoms with Gasteiger partial charge >= 0.3 is 0 Å². The van der Waals surface area contributed by atoms with Crippen LogP contribution in [0.25, 0.3) is 5.57 Å². The molecule has 0 saturated heterocycles. The van der Waals surface area contributed by atoms with Crippen LogP contribution in [0.3, 0.4) is 0 Å². The highest BCUT2D eigenvalue weighted by Crippen LogP contribution is 2.37. The number of aliphatic hydroxyl groups is 1. The number of carbonyl (C=O) groups excluding carboxylic acids is 1. The van der Waals surface area contributed by atoms with Crippen LogP contribution >= 0.6 is 11.3 Å². The van der Waals surface area contributed by atoms with Crippen molar-refractivity contribution < 1.29 is 9.90 Å². The molecule has 6 heteroatoms. The van der Waals surface area contributed by atoms with Crippen molar-refractivity contribution in [3.05, 3.63) is 60.2 Å². The Morgan fingerprint density at radius 3 is 2.59 bits per heavy atom. The predicted molar refractivity (Wildman–Crippen MR) is 118 cm³/mol. The quantitative estimate of drug-likeness (QED) is 0.679. The lowest BCUT2D eigenvalue weighted by molar-refractivity contribution is 0.0950. The zero-order valence-corrected chi connectivity index (χ0v) is 18.5. The van der Waals surface area contributed by atoms with Crippen LogP contribution in [0.1, 0.15) is 76.6 Å². The molecule has 2 aromatic rings. The molecular formula is C23H30N2O3S. The topological polar surface area (TPSA) is 82.2 Å². The number of aryl methyl sites for hydroxylation is 2. The second kappa shape index (κ2) is 9.09. The van der Waals surface area contributed by atoms with Gasteiger partial charge < -0.3 is 15.4 Å². The molecule has 0 spiro atoms. The minimum Gasteiger partial charge on any atom is -0.393 e. The minimum atomic E-state index is -0.184. The first-order chi connectivity index (χ1) is 13.8. The lowest BCUT2D eigenvalue weighted by Crippen LogP contribution is -2.28. The van der Waals surface area contributed by atoms with Crippen LogP contribution in [-0.2, 0) is 6.54 Å². The Morgan fingerprint density at radius 1 is 1.28 bits per heavy atom. The average molecular weight is 415 g/mol. The van der Waals surface area contributed by atoms with E-state index in [1.165, 1.54) is 16.0 Å². The highest BCUT2D eigenvalue weighted by molar-refractivity contribution is 7.11. The van der Waals surface area contributed by atoms with Crippen LogP contribution in [0, 0.1) is 20.8 Å². The third-order valence-electron chi connectivity index (χ3n) is 5.82. The first kappa shape index (κ1) is 21.5. The second-order valence-corrected chi connectivity index (χ2v) is 8.78. The van der Waals surface area contributed by atoms with Gasteiger partial charge in [0.1, 0.15) is 0 Å². The highest BCUT2D eigenvalue weighted by atomic mass is 32.1. The van der Waals surface area contributed by atoms with Crippen LogP contribution in [0.15, 0.2) is 21.8 Å². The van der Waals surface area contributed by atoms with Crippen LogP contribution in [0.5, 0.6) is 0 Å². The maximum atomic E-state index is 12.8. The van der Waals surface area contributed by atoms with Crippen LogP contribution < -0.4 is 10.9 Å². The molecule has 156 valence electrons. The molecule has 0 atom stereocenters. The second-order valence-electron chi connectivity index (χ2n) is 7.90. The number of H-pyrrole nitrogens is 1. The first-order valence-corrected chi connectivity index (χ1v) is 11.1. The van der Waals surface area contributed by atoms with E-state index in [1.807, 2.05) is 32.2 Å². The van der Waals surface area contributed by atoms with Crippen molar-refractivity contribution in [1.29, 1.82) is 0 Å². The molecule has 0 aliphatic heterocycles. The van der Waals surface area contributed by atoms with E-state index in [2.05, 4.69) is 17.2 Å². The van der Waals surface area contributed by atoms with E-state index in [-0.39, 0.29) is 24.1 Å². The highest BCUT2D eigenvalue weighted by Gasteiger charge is 2.21. The summed E-state index contributed by atoms with van der Waals surface area (Å²) in [6.07, 6.45) is 4.24. The zero-order chi connectivity index (χ0) is 21.1. The van der Waals surface area contributed by atoms with Gasteiger partial charge in [0.2, 0.25) is 0 Å². The van der Waals surface area contributed by atoms with Crippen molar-refractivity contribution in [2.45, 2.75) is 72.4 Å². The van der Waals surface area contributed by atoms with E-state index in [9.17, 15) is 14.7 Å². The van der Waals surface area contributed by atoms with Gasteiger partial charge in [-0.05, 0) is 75.6 Å². The van der Waals surface area contributed by atoms with Gasteiger partial charge in [-0.25, -0.2) is 0 Å². The van der Waals surface area contributed by atoms with Crippen molar-refractivity contribution in [2.75, 3.05) is 0 Å². The molecule has 29 heavy (non-hydrogen) atoms. The number of carbonyl (C=O) groups is 1. The van der Waals surface area contributed by atoms with E-state index in [0.29, 0.717) is 11.1 Å². The Balaban J connectivity index is 1.79. The largest absolute Gasteiger partial charge is 0.393 e. The number of hydrogen-bond acceptors (Lipinski definition) is 4. The van der Waals surface area contributed by atoms with Crippen LogP contribution in [0.4, 0.5) is 0 Å². The van der Waals surface area contributed by atoms with E-state index in [0.717, 1.165) is 48.9 Å². The van der Waals surface area contributed by atoms with E-state index >= 15 is 0 Å². The molecule has 1 fully saturated rings. The molecule has 0 bridgehead atoms. The number of hydrogen-bond donors (Lipinski definition) is 3. The molecule has 5 nitrogen and oxygen atoms in total. The minimum absolute atomic E-state index is 0.149. The van der Waals surface area contributed by atoms with Gasteiger partial charge in [-0.2, -0.15) is 0 Å². The Labute approximate surface area is 175 Å². The molecule has 0 radical (unpaired) electrons. The molecule has 2 heterocycles. The van der Waals surface area contributed by atoms with Gasteiger partial charge in [-0.1, -0.05) is 12.5 Å². The lowest BCUT2D eigenvalue weighted by Gasteiger charge is -2.22. The number of thiophene rings is 1. The average Bonchev–Trinajstić information content (AvgIpc) is 3.04. The van der Waals surface area contributed by atoms with Gasteiger partial charge in [-0.3, -0.25) is 9.59 Å². The number of aromatic amines is 1. The molecule has 3 N–H and O–H groups in total. The van der Waals surface area contributed by atoms with Crippen LogP contribution in [0.2, 0.25) is 0 Å².